The molecule has 0 aromatic heterocycles. The van der Waals surface area contributed by atoms with Gasteiger partial charge in [0.1, 0.15) is 0 Å². The average molecular weight is 320 g/mol. The predicted molar refractivity (Wildman–Crippen MR) is 84.7 cm³/mol. The van der Waals surface area contributed by atoms with E-state index >= 15 is 0 Å². The van der Waals surface area contributed by atoms with E-state index in [1.165, 1.54) is 6.92 Å². The van der Waals surface area contributed by atoms with Crippen LogP contribution in [0.4, 0.5) is 11.4 Å². The second-order valence-electron chi connectivity index (χ2n) is 4.32. The topological polar surface area (TPSA) is 70.2 Å². The molecular weight excluding hydrogens is 301 g/mol. The third-order valence-corrected chi connectivity index (χ3v) is 2.74. The molecule has 2 amide bonds. The largest absolute Gasteiger partial charge is 0.325 e. The van der Waals surface area contributed by atoms with E-state index in [9.17, 15) is 9.59 Å². The van der Waals surface area contributed by atoms with Gasteiger partial charge < -0.3 is 16.0 Å². The van der Waals surface area contributed by atoms with Crippen molar-refractivity contribution in [1.82, 2.24) is 5.32 Å². The van der Waals surface area contributed by atoms with Crippen molar-refractivity contribution in [2.75, 3.05) is 24.2 Å². The smallest absolute Gasteiger partial charge is 0.228 e. The van der Waals surface area contributed by atoms with Crippen molar-refractivity contribution in [2.24, 2.45) is 5.92 Å². The molecule has 0 fully saturated rings. The van der Waals surface area contributed by atoms with Crippen molar-refractivity contribution in [3.63, 3.8) is 0 Å². The maximum Gasteiger partial charge on any atom is 0.228 e. The summed E-state index contributed by atoms with van der Waals surface area (Å²) >= 11 is 5.90. The zero-order valence-electron chi connectivity index (χ0n) is 11.6. The Balaban J connectivity index is 0.00000361. The first-order chi connectivity index (χ1) is 8.93. The first-order valence-corrected chi connectivity index (χ1v) is 6.34. The van der Waals surface area contributed by atoms with Crippen molar-refractivity contribution in [3.8, 4) is 0 Å². The molecule has 7 heteroatoms. The molecule has 0 saturated heterocycles. The summed E-state index contributed by atoms with van der Waals surface area (Å²) in [7, 11) is 1.78. The van der Waals surface area contributed by atoms with Gasteiger partial charge in [-0.05, 0) is 25.2 Å². The van der Waals surface area contributed by atoms with Crippen LogP contribution in [0.25, 0.3) is 0 Å². The average Bonchev–Trinajstić information content (AvgIpc) is 2.32. The van der Waals surface area contributed by atoms with E-state index < -0.39 is 0 Å². The van der Waals surface area contributed by atoms with Gasteiger partial charge in [0.05, 0.1) is 11.4 Å². The van der Waals surface area contributed by atoms with Crippen LogP contribution in [0.2, 0.25) is 5.02 Å². The molecule has 0 radical (unpaired) electrons. The van der Waals surface area contributed by atoms with Crippen molar-refractivity contribution < 1.29 is 9.59 Å². The van der Waals surface area contributed by atoms with Crippen LogP contribution in [0.1, 0.15) is 13.8 Å². The van der Waals surface area contributed by atoms with E-state index in [4.69, 9.17) is 11.6 Å². The summed E-state index contributed by atoms with van der Waals surface area (Å²) in [6.45, 7) is 3.79. The lowest BCUT2D eigenvalue weighted by atomic mass is 10.1. The fraction of sp³-hybridized carbons (Fsp3) is 0.385. The summed E-state index contributed by atoms with van der Waals surface area (Å²) in [5.41, 5.74) is 1.03. The molecule has 1 aromatic rings. The zero-order chi connectivity index (χ0) is 14.4. The number of amides is 2. The molecule has 5 nitrogen and oxygen atoms in total. The molecular formula is C13H19Cl2N3O2. The Labute approximate surface area is 129 Å². The molecule has 0 saturated carbocycles. The lowest BCUT2D eigenvalue weighted by Crippen LogP contribution is -2.29. The fourth-order valence-electron chi connectivity index (χ4n) is 1.57. The minimum absolute atomic E-state index is 0. The predicted octanol–water partition coefficient (Wildman–Crippen LogP) is 2.51. The SMILES string of the molecule is CNCC(C)C(=O)Nc1cc(Cl)ccc1NC(C)=O.Cl. The van der Waals surface area contributed by atoms with Gasteiger partial charge in [0.25, 0.3) is 0 Å². The number of halogens is 2. The summed E-state index contributed by atoms with van der Waals surface area (Å²) in [6, 6.07) is 4.92. The number of rotatable bonds is 5. The van der Waals surface area contributed by atoms with Gasteiger partial charge in [0.2, 0.25) is 11.8 Å². The highest BCUT2D eigenvalue weighted by Gasteiger charge is 2.14. The Morgan fingerprint density at radius 1 is 1.25 bits per heavy atom. The van der Waals surface area contributed by atoms with Crippen molar-refractivity contribution in [1.29, 1.82) is 0 Å². The number of benzene rings is 1. The standard InChI is InChI=1S/C13H18ClN3O2.ClH/c1-8(7-15-3)13(19)17-12-6-10(14)4-5-11(12)16-9(2)18;/h4-6,8,15H,7H2,1-3H3,(H,16,18)(H,17,19);1H. The highest BCUT2D eigenvalue weighted by atomic mass is 35.5. The molecule has 0 aliphatic heterocycles. The molecule has 1 aromatic carbocycles. The van der Waals surface area contributed by atoms with E-state index in [0.717, 1.165) is 0 Å². The molecule has 1 unspecified atom stereocenters. The number of carbonyl (C=O) groups excluding carboxylic acids is 2. The lowest BCUT2D eigenvalue weighted by molar-refractivity contribution is -0.119. The quantitative estimate of drug-likeness (QED) is 0.781. The van der Waals surface area contributed by atoms with E-state index in [1.54, 1.807) is 25.2 Å². The van der Waals surface area contributed by atoms with Crippen molar-refractivity contribution in [3.05, 3.63) is 23.2 Å². The molecule has 0 aliphatic carbocycles. The molecule has 0 bridgehead atoms. The van der Waals surface area contributed by atoms with E-state index in [1.807, 2.05) is 6.92 Å². The minimum Gasteiger partial charge on any atom is -0.325 e. The van der Waals surface area contributed by atoms with Crippen LogP contribution >= 0.6 is 24.0 Å². The lowest BCUT2D eigenvalue weighted by Gasteiger charge is -2.15. The van der Waals surface area contributed by atoms with Crippen molar-refractivity contribution >= 4 is 47.2 Å². The summed E-state index contributed by atoms with van der Waals surface area (Å²) < 4.78 is 0. The van der Waals surface area contributed by atoms with Crippen LogP contribution in [0.5, 0.6) is 0 Å². The van der Waals surface area contributed by atoms with Crippen LogP contribution in [0, 0.1) is 5.92 Å². The first kappa shape index (κ1) is 18.7. The Bertz CT molecular complexity index is 481. The molecule has 112 valence electrons. The van der Waals surface area contributed by atoms with Gasteiger partial charge in [-0.3, -0.25) is 9.59 Å². The number of nitrogens with one attached hydrogen (secondary N) is 3. The van der Waals surface area contributed by atoms with Crippen LogP contribution in [-0.2, 0) is 9.59 Å². The number of hydrogen-bond donors (Lipinski definition) is 3. The normalized spacial score (nSPS) is 11.2. The molecule has 0 aliphatic rings. The van der Waals surface area contributed by atoms with Crippen LogP contribution in [-0.4, -0.2) is 25.4 Å². The summed E-state index contributed by atoms with van der Waals surface area (Å²) in [5, 5.41) is 8.84. The third-order valence-electron chi connectivity index (χ3n) is 2.51. The van der Waals surface area contributed by atoms with Crippen LogP contribution in [0.15, 0.2) is 18.2 Å². The van der Waals surface area contributed by atoms with Gasteiger partial charge in [-0.15, -0.1) is 12.4 Å². The Kier molecular flexibility index (Phi) is 8.22. The summed E-state index contributed by atoms with van der Waals surface area (Å²) in [4.78, 5) is 23.1. The van der Waals surface area contributed by atoms with Gasteiger partial charge in [-0.25, -0.2) is 0 Å². The van der Waals surface area contributed by atoms with Crippen LogP contribution < -0.4 is 16.0 Å². The Hall–Kier alpha value is -1.30. The molecule has 20 heavy (non-hydrogen) atoms. The zero-order valence-corrected chi connectivity index (χ0v) is 13.2. The fourth-order valence-corrected chi connectivity index (χ4v) is 1.75. The highest BCUT2D eigenvalue weighted by Crippen LogP contribution is 2.26. The molecule has 1 rings (SSSR count). The first-order valence-electron chi connectivity index (χ1n) is 5.96. The maximum absolute atomic E-state index is 11.9. The minimum atomic E-state index is -0.207. The molecule has 0 heterocycles. The van der Waals surface area contributed by atoms with E-state index in [-0.39, 0.29) is 30.1 Å². The number of carbonyl (C=O) groups is 2. The molecule has 3 N–H and O–H groups in total. The van der Waals surface area contributed by atoms with Gasteiger partial charge in [0, 0.05) is 24.4 Å². The summed E-state index contributed by atoms with van der Waals surface area (Å²) in [6.07, 6.45) is 0. The van der Waals surface area contributed by atoms with Gasteiger partial charge >= 0.3 is 0 Å². The van der Waals surface area contributed by atoms with Gasteiger partial charge in [0.15, 0.2) is 0 Å². The Morgan fingerprint density at radius 2 is 1.90 bits per heavy atom. The monoisotopic (exact) mass is 319 g/mol. The Morgan fingerprint density at radius 3 is 2.45 bits per heavy atom. The second-order valence-corrected chi connectivity index (χ2v) is 4.76. The summed E-state index contributed by atoms with van der Waals surface area (Å²) in [5.74, 6) is -0.529. The van der Waals surface area contributed by atoms with Crippen LogP contribution in [0.3, 0.4) is 0 Å². The highest BCUT2D eigenvalue weighted by molar-refractivity contribution is 6.31. The molecule has 1 atom stereocenters. The second kappa shape index (κ2) is 8.79. The van der Waals surface area contributed by atoms with E-state index in [0.29, 0.717) is 22.9 Å². The van der Waals surface area contributed by atoms with E-state index in [2.05, 4.69) is 16.0 Å². The maximum atomic E-state index is 11.9. The van der Waals surface area contributed by atoms with Gasteiger partial charge in [-0.1, -0.05) is 18.5 Å². The third kappa shape index (κ3) is 5.77. The number of anilines is 2. The van der Waals surface area contributed by atoms with Gasteiger partial charge in [-0.2, -0.15) is 0 Å². The molecule has 0 spiro atoms. The van der Waals surface area contributed by atoms with Crippen molar-refractivity contribution in [2.45, 2.75) is 13.8 Å². The number of hydrogen-bond acceptors (Lipinski definition) is 3.